The summed E-state index contributed by atoms with van der Waals surface area (Å²) < 4.78 is 2.04. The lowest BCUT2D eigenvalue weighted by atomic mass is 9.99. The van der Waals surface area contributed by atoms with Crippen molar-refractivity contribution in [3.8, 4) is 0 Å². The van der Waals surface area contributed by atoms with Gasteiger partial charge in [-0.05, 0) is 31.2 Å². The quantitative estimate of drug-likeness (QED) is 0.674. The predicted octanol–water partition coefficient (Wildman–Crippen LogP) is 1.94. The van der Waals surface area contributed by atoms with Crippen molar-refractivity contribution in [2.24, 2.45) is 10.9 Å². The lowest BCUT2D eigenvalue weighted by Gasteiger charge is -2.21. The molecule has 1 aromatic carbocycles. The Morgan fingerprint density at radius 1 is 1.33 bits per heavy atom. The fourth-order valence-electron chi connectivity index (χ4n) is 3.31. The maximum absolute atomic E-state index is 4.44. The molecular weight excluding hydrogens is 300 g/mol. The summed E-state index contributed by atoms with van der Waals surface area (Å²) in [6.07, 6.45) is 4.12. The number of rotatable bonds is 5. The zero-order valence-corrected chi connectivity index (χ0v) is 14.5. The Morgan fingerprint density at radius 2 is 2.17 bits per heavy atom. The lowest BCUT2D eigenvalue weighted by molar-refractivity contribution is 0.458. The first-order chi connectivity index (χ1) is 11.8. The van der Waals surface area contributed by atoms with Gasteiger partial charge in [0.25, 0.3) is 0 Å². The Balaban J connectivity index is 1.53. The zero-order valence-electron chi connectivity index (χ0n) is 14.5. The summed E-state index contributed by atoms with van der Waals surface area (Å²) in [4.78, 5) is 6.79. The second-order valence-corrected chi connectivity index (χ2v) is 6.22. The first-order valence-electron chi connectivity index (χ1n) is 8.66. The number of nitrogens with zero attached hydrogens (tertiary/aromatic N) is 5. The van der Waals surface area contributed by atoms with Crippen molar-refractivity contribution in [1.29, 1.82) is 0 Å². The molecule has 0 bridgehead atoms. The molecule has 2 aromatic rings. The van der Waals surface area contributed by atoms with Crippen molar-refractivity contribution in [3.63, 3.8) is 0 Å². The van der Waals surface area contributed by atoms with Gasteiger partial charge in [0.15, 0.2) is 11.8 Å². The summed E-state index contributed by atoms with van der Waals surface area (Å²) in [6.45, 7) is 5.73. The summed E-state index contributed by atoms with van der Waals surface area (Å²) >= 11 is 0. The van der Waals surface area contributed by atoms with Crippen LogP contribution in [0.25, 0.3) is 0 Å². The Bertz CT molecular complexity index is 663. The van der Waals surface area contributed by atoms with Crippen molar-refractivity contribution < 1.29 is 0 Å². The average Bonchev–Trinajstić information content (AvgIpc) is 3.26. The number of aromatic nitrogens is 3. The van der Waals surface area contributed by atoms with E-state index in [4.69, 9.17) is 0 Å². The van der Waals surface area contributed by atoms with E-state index in [-0.39, 0.29) is 0 Å². The van der Waals surface area contributed by atoms with Gasteiger partial charge in [-0.25, -0.2) is 0 Å². The van der Waals surface area contributed by atoms with E-state index < -0.39 is 0 Å². The molecule has 0 saturated carbocycles. The molecule has 1 N–H and O–H groups in total. The van der Waals surface area contributed by atoms with E-state index in [0.29, 0.717) is 12.5 Å². The normalized spacial score (nSPS) is 18.2. The van der Waals surface area contributed by atoms with Gasteiger partial charge >= 0.3 is 0 Å². The summed E-state index contributed by atoms with van der Waals surface area (Å²) in [7, 11) is 1.84. The molecule has 0 spiro atoms. The topological polar surface area (TPSA) is 58.3 Å². The van der Waals surface area contributed by atoms with Crippen LogP contribution in [-0.4, -0.2) is 45.8 Å². The number of aryl methyl sites for hydroxylation is 1. The molecule has 6 heteroatoms. The van der Waals surface area contributed by atoms with Gasteiger partial charge in [-0.2, -0.15) is 0 Å². The minimum Gasteiger partial charge on any atom is -0.349 e. The highest BCUT2D eigenvalue weighted by Crippen LogP contribution is 2.20. The molecule has 1 aliphatic heterocycles. The highest BCUT2D eigenvalue weighted by atomic mass is 15.3. The molecule has 2 heterocycles. The van der Waals surface area contributed by atoms with Crippen LogP contribution in [0.1, 0.15) is 24.7 Å². The maximum Gasteiger partial charge on any atom is 0.194 e. The minimum absolute atomic E-state index is 0.653. The van der Waals surface area contributed by atoms with Crippen LogP contribution in [0.5, 0.6) is 0 Å². The van der Waals surface area contributed by atoms with E-state index in [1.807, 2.05) is 11.6 Å². The smallest absolute Gasteiger partial charge is 0.194 e. The Kier molecular flexibility index (Phi) is 5.46. The van der Waals surface area contributed by atoms with Crippen molar-refractivity contribution in [2.45, 2.75) is 32.9 Å². The van der Waals surface area contributed by atoms with Crippen LogP contribution < -0.4 is 5.32 Å². The van der Waals surface area contributed by atoms with Crippen LogP contribution in [0.3, 0.4) is 0 Å². The molecule has 3 rings (SSSR count). The number of aliphatic imine (C=N–C) groups is 1. The van der Waals surface area contributed by atoms with Crippen LogP contribution in [0, 0.1) is 5.92 Å². The fourth-order valence-corrected chi connectivity index (χ4v) is 3.31. The minimum atomic E-state index is 0.653. The molecule has 24 heavy (non-hydrogen) atoms. The first-order valence-corrected chi connectivity index (χ1v) is 8.66. The summed E-state index contributed by atoms with van der Waals surface area (Å²) in [6, 6.07) is 10.7. The van der Waals surface area contributed by atoms with E-state index in [9.17, 15) is 0 Å². The number of hydrogen-bond donors (Lipinski definition) is 1. The van der Waals surface area contributed by atoms with Gasteiger partial charge < -0.3 is 14.8 Å². The molecule has 6 nitrogen and oxygen atoms in total. The predicted molar refractivity (Wildman–Crippen MR) is 95.7 cm³/mol. The summed E-state index contributed by atoms with van der Waals surface area (Å²) in [5, 5.41) is 11.6. The van der Waals surface area contributed by atoms with Crippen molar-refractivity contribution in [2.75, 3.05) is 20.1 Å². The van der Waals surface area contributed by atoms with Crippen LogP contribution >= 0.6 is 0 Å². The second-order valence-electron chi connectivity index (χ2n) is 6.22. The summed E-state index contributed by atoms with van der Waals surface area (Å²) in [5.74, 6) is 2.58. The summed E-state index contributed by atoms with van der Waals surface area (Å²) in [5.41, 5.74) is 1.42. The van der Waals surface area contributed by atoms with Crippen LogP contribution in [0.15, 0.2) is 41.7 Å². The van der Waals surface area contributed by atoms with Gasteiger partial charge in [-0.1, -0.05) is 30.3 Å². The van der Waals surface area contributed by atoms with E-state index in [1.54, 1.807) is 6.33 Å². The van der Waals surface area contributed by atoms with Gasteiger partial charge in [-0.15, -0.1) is 10.2 Å². The Hall–Kier alpha value is -2.37. The zero-order chi connectivity index (χ0) is 16.8. The third-order valence-electron chi connectivity index (χ3n) is 4.61. The van der Waals surface area contributed by atoms with E-state index in [0.717, 1.165) is 37.8 Å². The Morgan fingerprint density at radius 3 is 2.92 bits per heavy atom. The van der Waals surface area contributed by atoms with Crippen LogP contribution in [0.4, 0.5) is 0 Å². The standard InChI is InChI=1S/C18H26N6/c1-3-23-14-21-22-17(23)12-20-18(19-2)24-10-9-16(13-24)11-15-7-5-4-6-8-15/h4-8,14,16H,3,9-13H2,1-2H3,(H,19,20). The van der Waals surface area contributed by atoms with Crippen LogP contribution in [-0.2, 0) is 19.5 Å². The molecule has 1 saturated heterocycles. The number of guanidine groups is 1. The number of nitrogens with one attached hydrogen (secondary N) is 1. The molecular formula is C18H26N6. The van der Waals surface area contributed by atoms with E-state index >= 15 is 0 Å². The maximum atomic E-state index is 4.44. The van der Waals surface area contributed by atoms with Crippen molar-refractivity contribution >= 4 is 5.96 Å². The third-order valence-corrected chi connectivity index (χ3v) is 4.61. The van der Waals surface area contributed by atoms with E-state index in [2.05, 4.69) is 62.7 Å². The highest BCUT2D eigenvalue weighted by Gasteiger charge is 2.25. The molecule has 128 valence electrons. The first kappa shape index (κ1) is 16.5. The van der Waals surface area contributed by atoms with Gasteiger partial charge in [0, 0.05) is 26.7 Å². The average molecular weight is 326 g/mol. The molecule has 1 fully saturated rings. The Labute approximate surface area is 143 Å². The highest BCUT2D eigenvalue weighted by molar-refractivity contribution is 5.80. The molecule has 0 amide bonds. The monoisotopic (exact) mass is 326 g/mol. The second kappa shape index (κ2) is 7.95. The third kappa shape index (κ3) is 3.93. The van der Waals surface area contributed by atoms with Gasteiger partial charge in [0.1, 0.15) is 6.33 Å². The van der Waals surface area contributed by atoms with Crippen molar-refractivity contribution in [1.82, 2.24) is 25.0 Å². The molecule has 1 unspecified atom stereocenters. The van der Waals surface area contributed by atoms with E-state index in [1.165, 1.54) is 12.0 Å². The SMILES string of the molecule is CCn1cnnc1CNC(=NC)N1CCC(Cc2ccccc2)C1. The van der Waals surface area contributed by atoms with Gasteiger partial charge in [0.05, 0.1) is 6.54 Å². The van der Waals surface area contributed by atoms with Crippen LogP contribution in [0.2, 0.25) is 0 Å². The fraction of sp³-hybridized carbons (Fsp3) is 0.500. The van der Waals surface area contributed by atoms with Gasteiger partial charge in [0.2, 0.25) is 0 Å². The van der Waals surface area contributed by atoms with Crippen molar-refractivity contribution in [3.05, 3.63) is 48.0 Å². The molecule has 0 radical (unpaired) electrons. The number of hydrogen-bond acceptors (Lipinski definition) is 3. The molecule has 1 aliphatic rings. The number of likely N-dealkylation sites (tertiary alicyclic amines) is 1. The number of benzene rings is 1. The molecule has 1 aromatic heterocycles. The largest absolute Gasteiger partial charge is 0.349 e. The van der Waals surface area contributed by atoms with Gasteiger partial charge in [-0.3, -0.25) is 4.99 Å². The molecule has 0 aliphatic carbocycles. The molecule has 1 atom stereocenters. The lowest BCUT2D eigenvalue weighted by Crippen LogP contribution is -2.40.